The molecule has 0 heterocycles. The summed E-state index contributed by atoms with van der Waals surface area (Å²) in [5.41, 5.74) is 3.79. The van der Waals surface area contributed by atoms with Crippen LogP contribution in [-0.4, -0.2) is 13.2 Å². The third kappa shape index (κ3) is 4.38. The molecule has 0 aromatic heterocycles. The van der Waals surface area contributed by atoms with Crippen molar-refractivity contribution in [3.8, 4) is 0 Å². The van der Waals surface area contributed by atoms with Crippen molar-refractivity contribution in [3.05, 3.63) is 77.4 Å². The molecular weight excluding hydrogens is 232 g/mol. The van der Waals surface area contributed by atoms with Gasteiger partial charge in [-0.3, -0.25) is 0 Å². The summed E-state index contributed by atoms with van der Waals surface area (Å²) in [4.78, 5) is 0. The van der Waals surface area contributed by atoms with Crippen molar-refractivity contribution >= 4 is 6.08 Å². The van der Waals surface area contributed by atoms with Gasteiger partial charge in [-0.25, -0.2) is 0 Å². The van der Waals surface area contributed by atoms with E-state index >= 15 is 0 Å². The molecule has 1 atom stereocenters. The number of methoxy groups -OCH3 is 1. The van der Waals surface area contributed by atoms with Crippen molar-refractivity contribution in [3.63, 3.8) is 0 Å². The number of aryl methyl sites for hydroxylation is 1. The first-order valence-corrected chi connectivity index (χ1v) is 6.59. The van der Waals surface area contributed by atoms with Gasteiger partial charge in [0.05, 0.1) is 6.10 Å². The van der Waals surface area contributed by atoms with Crippen LogP contribution in [0.25, 0.3) is 6.08 Å². The third-order valence-electron chi connectivity index (χ3n) is 3.16. The molecule has 1 nitrogen and oxygen atoms in total. The van der Waals surface area contributed by atoms with Crippen molar-refractivity contribution in [1.82, 2.24) is 0 Å². The Balaban J connectivity index is 2.00. The Morgan fingerprint density at radius 2 is 1.68 bits per heavy atom. The first-order valence-electron chi connectivity index (χ1n) is 6.59. The van der Waals surface area contributed by atoms with E-state index in [0.29, 0.717) is 0 Å². The zero-order chi connectivity index (χ0) is 13.5. The quantitative estimate of drug-likeness (QED) is 0.772. The van der Waals surface area contributed by atoms with E-state index in [1.807, 2.05) is 6.07 Å². The lowest BCUT2D eigenvalue weighted by molar-refractivity contribution is 0.142. The second-order valence-electron chi connectivity index (χ2n) is 4.73. The number of benzene rings is 2. The Bertz CT molecular complexity index is 511. The van der Waals surface area contributed by atoms with Crippen LogP contribution in [0.2, 0.25) is 0 Å². The summed E-state index contributed by atoms with van der Waals surface area (Å²) in [5.74, 6) is 0. The molecule has 2 aromatic rings. The molecule has 0 aliphatic heterocycles. The van der Waals surface area contributed by atoms with Crippen molar-refractivity contribution in [1.29, 1.82) is 0 Å². The highest BCUT2D eigenvalue weighted by molar-refractivity contribution is 5.50. The van der Waals surface area contributed by atoms with Gasteiger partial charge in [-0.15, -0.1) is 0 Å². The molecule has 0 amide bonds. The van der Waals surface area contributed by atoms with Crippen molar-refractivity contribution < 1.29 is 4.74 Å². The minimum Gasteiger partial charge on any atom is -0.377 e. The Kier molecular flexibility index (Phi) is 4.93. The summed E-state index contributed by atoms with van der Waals surface area (Å²) < 4.78 is 5.51. The van der Waals surface area contributed by atoms with Crippen LogP contribution in [0.3, 0.4) is 0 Å². The van der Waals surface area contributed by atoms with Gasteiger partial charge in [-0.2, -0.15) is 0 Å². The van der Waals surface area contributed by atoms with E-state index in [4.69, 9.17) is 4.74 Å². The van der Waals surface area contributed by atoms with Gasteiger partial charge in [-0.05, 0) is 18.1 Å². The lowest BCUT2D eigenvalue weighted by Crippen LogP contribution is -2.10. The van der Waals surface area contributed by atoms with Gasteiger partial charge in [-0.1, -0.05) is 72.3 Å². The fourth-order valence-electron chi connectivity index (χ4n) is 1.97. The van der Waals surface area contributed by atoms with Crippen molar-refractivity contribution in [2.24, 2.45) is 0 Å². The van der Waals surface area contributed by atoms with Gasteiger partial charge in [0.25, 0.3) is 0 Å². The van der Waals surface area contributed by atoms with Crippen LogP contribution in [0.5, 0.6) is 0 Å². The first kappa shape index (κ1) is 13.6. The van der Waals surface area contributed by atoms with Crippen LogP contribution in [0, 0.1) is 6.92 Å². The van der Waals surface area contributed by atoms with E-state index in [2.05, 4.69) is 67.6 Å². The molecule has 0 bridgehead atoms. The van der Waals surface area contributed by atoms with Gasteiger partial charge in [0, 0.05) is 13.5 Å². The molecule has 0 saturated heterocycles. The number of hydrogen-bond acceptors (Lipinski definition) is 1. The molecule has 19 heavy (non-hydrogen) atoms. The maximum Gasteiger partial charge on any atom is 0.0795 e. The van der Waals surface area contributed by atoms with E-state index in [1.54, 1.807) is 7.11 Å². The van der Waals surface area contributed by atoms with E-state index in [-0.39, 0.29) is 6.10 Å². The fourth-order valence-corrected chi connectivity index (χ4v) is 1.97. The highest BCUT2D eigenvalue weighted by Crippen LogP contribution is 2.10. The lowest BCUT2D eigenvalue weighted by atomic mass is 10.1. The predicted molar refractivity (Wildman–Crippen MR) is 81.2 cm³/mol. The molecule has 2 rings (SSSR count). The average Bonchev–Trinajstić information content (AvgIpc) is 2.46. The molecule has 1 heteroatoms. The second kappa shape index (κ2) is 6.91. The fraction of sp³-hybridized carbons (Fsp3) is 0.222. The third-order valence-corrected chi connectivity index (χ3v) is 3.16. The second-order valence-corrected chi connectivity index (χ2v) is 4.73. The summed E-state index contributed by atoms with van der Waals surface area (Å²) in [7, 11) is 1.76. The maximum atomic E-state index is 5.51. The first-order chi connectivity index (χ1) is 9.28. The van der Waals surface area contributed by atoms with Crippen LogP contribution in [-0.2, 0) is 11.2 Å². The summed E-state index contributed by atoms with van der Waals surface area (Å²) >= 11 is 0. The molecule has 0 saturated carbocycles. The molecule has 0 N–H and O–H groups in total. The summed E-state index contributed by atoms with van der Waals surface area (Å²) in [6, 6.07) is 18.9. The molecule has 0 unspecified atom stereocenters. The smallest absolute Gasteiger partial charge is 0.0795 e. The largest absolute Gasteiger partial charge is 0.377 e. The van der Waals surface area contributed by atoms with Crippen LogP contribution >= 0.6 is 0 Å². The Labute approximate surface area is 115 Å². The highest BCUT2D eigenvalue weighted by Gasteiger charge is 2.03. The van der Waals surface area contributed by atoms with Gasteiger partial charge >= 0.3 is 0 Å². The molecular formula is C18H20O. The van der Waals surface area contributed by atoms with Gasteiger partial charge < -0.3 is 4.74 Å². The van der Waals surface area contributed by atoms with Crippen molar-refractivity contribution in [2.45, 2.75) is 19.4 Å². The zero-order valence-electron chi connectivity index (χ0n) is 11.5. The summed E-state index contributed by atoms with van der Waals surface area (Å²) in [6.07, 6.45) is 5.26. The molecule has 98 valence electrons. The number of rotatable bonds is 5. The van der Waals surface area contributed by atoms with Gasteiger partial charge in [0.15, 0.2) is 0 Å². The molecule has 0 aliphatic carbocycles. The predicted octanol–water partition coefficient (Wildman–Crippen LogP) is 4.27. The lowest BCUT2D eigenvalue weighted by Gasteiger charge is -2.10. The van der Waals surface area contributed by atoms with E-state index in [1.165, 1.54) is 16.7 Å². The molecule has 0 aliphatic rings. The monoisotopic (exact) mass is 252 g/mol. The minimum absolute atomic E-state index is 0.115. The van der Waals surface area contributed by atoms with Crippen molar-refractivity contribution in [2.75, 3.05) is 7.11 Å². The van der Waals surface area contributed by atoms with E-state index in [9.17, 15) is 0 Å². The SMILES string of the molecule is CO[C@H](C=Cc1ccc(C)cc1)Cc1ccccc1. The Hall–Kier alpha value is -1.86. The normalized spacial score (nSPS) is 12.7. The van der Waals surface area contributed by atoms with Gasteiger partial charge in [0.1, 0.15) is 0 Å². The Morgan fingerprint density at radius 3 is 2.32 bits per heavy atom. The minimum atomic E-state index is 0.115. The zero-order valence-corrected chi connectivity index (χ0v) is 11.5. The molecule has 0 radical (unpaired) electrons. The summed E-state index contributed by atoms with van der Waals surface area (Å²) in [6.45, 7) is 2.10. The van der Waals surface area contributed by atoms with Crippen LogP contribution in [0.1, 0.15) is 16.7 Å². The standard InChI is InChI=1S/C18H20O/c1-15-8-10-16(11-9-15)12-13-18(19-2)14-17-6-4-3-5-7-17/h3-13,18H,14H2,1-2H3/t18-/m1/s1. The van der Waals surface area contributed by atoms with E-state index in [0.717, 1.165) is 6.42 Å². The number of ether oxygens (including phenoxy) is 1. The van der Waals surface area contributed by atoms with Crippen LogP contribution < -0.4 is 0 Å². The summed E-state index contributed by atoms with van der Waals surface area (Å²) in [5, 5.41) is 0. The maximum absolute atomic E-state index is 5.51. The average molecular weight is 252 g/mol. The van der Waals surface area contributed by atoms with E-state index < -0.39 is 0 Å². The molecule has 0 fully saturated rings. The van der Waals surface area contributed by atoms with Crippen LogP contribution in [0.15, 0.2) is 60.7 Å². The Morgan fingerprint density at radius 1 is 1.00 bits per heavy atom. The number of hydrogen-bond donors (Lipinski definition) is 0. The molecule has 0 spiro atoms. The highest BCUT2D eigenvalue weighted by atomic mass is 16.5. The molecule has 2 aromatic carbocycles. The topological polar surface area (TPSA) is 9.23 Å². The van der Waals surface area contributed by atoms with Gasteiger partial charge in [0.2, 0.25) is 0 Å². The van der Waals surface area contributed by atoms with Crippen LogP contribution in [0.4, 0.5) is 0 Å².